The van der Waals surface area contributed by atoms with Crippen molar-refractivity contribution >= 4 is 0 Å². The number of hydrogen-bond donors (Lipinski definition) is 0. The van der Waals surface area contributed by atoms with Crippen LogP contribution in [0.1, 0.15) is 44.6 Å². The summed E-state index contributed by atoms with van der Waals surface area (Å²) >= 11 is 0. The Balaban J connectivity index is 1.60. The molecule has 3 aromatic carbocycles. The monoisotopic (exact) mass is 328 g/mol. The van der Waals surface area contributed by atoms with Crippen LogP contribution in [0.5, 0.6) is 0 Å². The Kier molecular flexibility index (Phi) is 6.45. The van der Waals surface area contributed by atoms with Gasteiger partial charge in [-0.1, -0.05) is 111 Å². The first-order valence-electron chi connectivity index (χ1n) is 9.61. The normalized spacial score (nSPS) is 10.8. The fourth-order valence-electron chi connectivity index (χ4n) is 3.28. The zero-order valence-corrected chi connectivity index (χ0v) is 15.2. The molecule has 0 bridgehead atoms. The number of benzene rings is 3. The number of unbranched alkanes of at least 4 members (excludes halogenated alkanes) is 4. The first kappa shape index (κ1) is 17.5. The van der Waals surface area contributed by atoms with E-state index in [-0.39, 0.29) is 0 Å². The summed E-state index contributed by atoms with van der Waals surface area (Å²) in [5.41, 5.74) is 6.59. The molecule has 0 aliphatic carbocycles. The third-order valence-corrected chi connectivity index (χ3v) is 4.85. The fraction of sp³-hybridized carbons (Fsp3) is 0.280. The van der Waals surface area contributed by atoms with Gasteiger partial charge in [0.2, 0.25) is 0 Å². The average molecular weight is 328 g/mol. The molecule has 3 aromatic rings. The van der Waals surface area contributed by atoms with Gasteiger partial charge in [0.15, 0.2) is 0 Å². The van der Waals surface area contributed by atoms with E-state index in [9.17, 15) is 0 Å². The third kappa shape index (κ3) is 5.06. The summed E-state index contributed by atoms with van der Waals surface area (Å²) in [6.45, 7) is 2.27. The fourth-order valence-corrected chi connectivity index (χ4v) is 3.28. The number of hydrogen-bond acceptors (Lipinski definition) is 0. The highest BCUT2D eigenvalue weighted by Crippen LogP contribution is 2.25. The van der Waals surface area contributed by atoms with Crippen LogP contribution < -0.4 is 0 Å². The Morgan fingerprint density at radius 2 is 0.960 bits per heavy atom. The SMILES string of the molecule is CCCCCCCc1ccc(-c2ccc(-c3ccccc3)cc2)cc1. The molecule has 0 spiro atoms. The Morgan fingerprint density at radius 1 is 0.480 bits per heavy atom. The molecule has 0 radical (unpaired) electrons. The van der Waals surface area contributed by atoms with E-state index in [0.29, 0.717) is 0 Å². The predicted molar refractivity (Wildman–Crippen MR) is 110 cm³/mol. The summed E-state index contributed by atoms with van der Waals surface area (Å²) in [5, 5.41) is 0. The molecule has 3 rings (SSSR count). The lowest BCUT2D eigenvalue weighted by Crippen LogP contribution is -1.87. The summed E-state index contributed by atoms with van der Waals surface area (Å²) in [4.78, 5) is 0. The maximum Gasteiger partial charge on any atom is -0.0184 e. The van der Waals surface area contributed by atoms with E-state index in [2.05, 4.69) is 85.8 Å². The van der Waals surface area contributed by atoms with Gasteiger partial charge in [-0.3, -0.25) is 0 Å². The van der Waals surface area contributed by atoms with Crippen LogP contribution in [0.25, 0.3) is 22.3 Å². The third-order valence-electron chi connectivity index (χ3n) is 4.85. The zero-order chi connectivity index (χ0) is 17.3. The van der Waals surface area contributed by atoms with Crippen LogP contribution in [0, 0.1) is 0 Å². The minimum atomic E-state index is 1.21. The highest BCUT2D eigenvalue weighted by molar-refractivity contribution is 5.70. The molecule has 0 nitrogen and oxygen atoms in total. The van der Waals surface area contributed by atoms with Gasteiger partial charge in [-0.25, -0.2) is 0 Å². The van der Waals surface area contributed by atoms with E-state index in [4.69, 9.17) is 0 Å². The van der Waals surface area contributed by atoms with E-state index in [1.54, 1.807) is 0 Å². The van der Waals surface area contributed by atoms with Crippen molar-refractivity contribution in [2.24, 2.45) is 0 Å². The van der Waals surface area contributed by atoms with Gasteiger partial charge in [-0.15, -0.1) is 0 Å². The van der Waals surface area contributed by atoms with Crippen LogP contribution in [-0.4, -0.2) is 0 Å². The second kappa shape index (κ2) is 9.22. The summed E-state index contributed by atoms with van der Waals surface area (Å²) in [5.74, 6) is 0. The first-order chi connectivity index (χ1) is 12.4. The molecule has 0 heterocycles. The van der Waals surface area contributed by atoms with E-state index >= 15 is 0 Å². The molecule has 0 saturated carbocycles. The Hall–Kier alpha value is -2.34. The van der Waals surface area contributed by atoms with Crippen molar-refractivity contribution in [2.45, 2.75) is 45.4 Å². The quantitative estimate of drug-likeness (QED) is 0.375. The maximum atomic E-state index is 2.29. The highest BCUT2D eigenvalue weighted by Gasteiger charge is 2.01. The van der Waals surface area contributed by atoms with Gasteiger partial charge in [0, 0.05) is 0 Å². The van der Waals surface area contributed by atoms with Gasteiger partial charge in [-0.05, 0) is 40.7 Å². The lowest BCUT2D eigenvalue weighted by atomic mass is 9.98. The van der Waals surface area contributed by atoms with Crippen LogP contribution in [0.15, 0.2) is 78.9 Å². The lowest BCUT2D eigenvalue weighted by molar-refractivity contribution is 0.632. The zero-order valence-electron chi connectivity index (χ0n) is 15.2. The molecule has 0 unspecified atom stereocenters. The van der Waals surface area contributed by atoms with Crippen LogP contribution in [-0.2, 0) is 6.42 Å². The van der Waals surface area contributed by atoms with E-state index in [1.807, 2.05) is 0 Å². The van der Waals surface area contributed by atoms with Crippen molar-refractivity contribution < 1.29 is 0 Å². The van der Waals surface area contributed by atoms with Gasteiger partial charge in [0.05, 0.1) is 0 Å². The second-order valence-electron chi connectivity index (χ2n) is 6.80. The number of aryl methyl sites for hydroxylation is 1. The molecule has 0 aliphatic heterocycles. The standard InChI is InChI=1S/C25H28/c1-2-3-4-5-7-10-21-13-15-23(16-14-21)25-19-17-24(18-20-25)22-11-8-6-9-12-22/h6,8-9,11-20H,2-5,7,10H2,1H3. The predicted octanol–water partition coefficient (Wildman–Crippen LogP) is 7.53. The first-order valence-corrected chi connectivity index (χ1v) is 9.61. The molecule has 0 N–H and O–H groups in total. The molecule has 0 aromatic heterocycles. The van der Waals surface area contributed by atoms with Gasteiger partial charge >= 0.3 is 0 Å². The Bertz CT molecular complexity index is 736. The molecule has 0 fully saturated rings. The van der Waals surface area contributed by atoms with Gasteiger partial charge < -0.3 is 0 Å². The minimum absolute atomic E-state index is 1.21. The maximum absolute atomic E-state index is 2.29. The lowest BCUT2D eigenvalue weighted by Gasteiger charge is -2.07. The second-order valence-corrected chi connectivity index (χ2v) is 6.80. The summed E-state index contributed by atoms with van der Waals surface area (Å²) in [6.07, 6.45) is 7.94. The van der Waals surface area contributed by atoms with Gasteiger partial charge in [-0.2, -0.15) is 0 Å². The number of rotatable bonds is 8. The molecule has 0 aliphatic rings. The van der Waals surface area contributed by atoms with Crippen LogP contribution in [0.2, 0.25) is 0 Å². The summed E-state index contributed by atoms with van der Waals surface area (Å²) in [6, 6.07) is 28.5. The highest BCUT2D eigenvalue weighted by atomic mass is 14.1. The Labute approximate surface area is 152 Å². The topological polar surface area (TPSA) is 0 Å². The summed E-state index contributed by atoms with van der Waals surface area (Å²) in [7, 11) is 0. The van der Waals surface area contributed by atoms with Crippen molar-refractivity contribution in [1.82, 2.24) is 0 Å². The minimum Gasteiger partial charge on any atom is -0.0654 e. The Morgan fingerprint density at radius 3 is 1.52 bits per heavy atom. The largest absolute Gasteiger partial charge is 0.0654 e. The van der Waals surface area contributed by atoms with Crippen molar-refractivity contribution in [3.63, 3.8) is 0 Å². The molecule has 0 atom stereocenters. The van der Waals surface area contributed by atoms with Crippen LogP contribution in [0.4, 0.5) is 0 Å². The molecule has 0 saturated heterocycles. The van der Waals surface area contributed by atoms with Crippen molar-refractivity contribution in [3.8, 4) is 22.3 Å². The van der Waals surface area contributed by atoms with E-state index in [1.165, 1.54) is 66.3 Å². The van der Waals surface area contributed by atoms with Crippen molar-refractivity contribution in [3.05, 3.63) is 84.4 Å². The van der Waals surface area contributed by atoms with Crippen LogP contribution >= 0.6 is 0 Å². The van der Waals surface area contributed by atoms with Gasteiger partial charge in [0.25, 0.3) is 0 Å². The van der Waals surface area contributed by atoms with Crippen molar-refractivity contribution in [2.75, 3.05) is 0 Å². The smallest absolute Gasteiger partial charge is 0.0184 e. The molecule has 128 valence electrons. The van der Waals surface area contributed by atoms with Crippen molar-refractivity contribution in [1.29, 1.82) is 0 Å². The molecule has 0 amide bonds. The van der Waals surface area contributed by atoms with E-state index < -0.39 is 0 Å². The molecule has 0 heteroatoms. The van der Waals surface area contributed by atoms with E-state index in [0.717, 1.165) is 0 Å². The average Bonchev–Trinajstić information content (AvgIpc) is 2.69. The molecular formula is C25H28. The molecular weight excluding hydrogens is 300 g/mol. The molecule has 25 heavy (non-hydrogen) atoms. The van der Waals surface area contributed by atoms with Crippen LogP contribution in [0.3, 0.4) is 0 Å². The van der Waals surface area contributed by atoms with Gasteiger partial charge in [0.1, 0.15) is 0 Å². The summed E-state index contributed by atoms with van der Waals surface area (Å²) < 4.78 is 0.